The number of hydrogen-bond acceptors (Lipinski definition) is 2. The average Bonchev–Trinajstić information content (AvgIpc) is 2.94. The van der Waals surface area contributed by atoms with Gasteiger partial charge in [-0.3, -0.25) is 0 Å². The highest BCUT2D eigenvalue weighted by atomic mass is 16.5. The van der Waals surface area contributed by atoms with Crippen LogP contribution in [0.1, 0.15) is 29.7 Å². The summed E-state index contributed by atoms with van der Waals surface area (Å²) in [4.78, 5) is 2.52. The fraction of sp³-hybridized carbons (Fsp3) is 0.300. The molecule has 2 heteroatoms. The Morgan fingerprint density at radius 1 is 1.09 bits per heavy atom. The van der Waals surface area contributed by atoms with Gasteiger partial charge in [-0.1, -0.05) is 54.1 Å². The van der Waals surface area contributed by atoms with Crippen LogP contribution in [0.4, 0.5) is 0 Å². The minimum atomic E-state index is 0.409. The van der Waals surface area contributed by atoms with Gasteiger partial charge in [0.25, 0.3) is 0 Å². The van der Waals surface area contributed by atoms with Crippen LogP contribution in [-0.4, -0.2) is 18.1 Å². The molecule has 22 heavy (non-hydrogen) atoms. The molecule has 2 aromatic rings. The summed E-state index contributed by atoms with van der Waals surface area (Å²) in [5.74, 6) is 1.48. The molecule has 2 aliphatic heterocycles. The van der Waals surface area contributed by atoms with E-state index in [4.69, 9.17) is 4.74 Å². The van der Waals surface area contributed by atoms with E-state index in [1.807, 2.05) is 0 Å². The third-order valence-corrected chi connectivity index (χ3v) is 4.78. The third-order valence-electron chi connectivity index (χ3n) is 4.78. The fourth-order valence-corrected chi connectivity index (χ4v) is 3.70. The second-order valence-corrected chi connectivity index (χ2v) is 6.16. The first-order chi connectivity index (χ1) is 10.8. The van der Waals surface area contributed by atoms with Crippen LogP contribution >= 0.6 is 0 Å². The van der Waals surface area contributed by atoms with E-state index in [0.29, 0.717) is 12.0 Å². The fourth-order valence-electron chi connectivity index (χ4n) is 3.70. The molecule has 2 heterocycles. The Labute approximate surface area is 132 Å². The number of nitrogens with zero attached hydrogens (tertiary/aromatic N) is 1. The monoisotopic (exact) mass is 291 g/mol. The molecule has 2 nitrogen and oxygen atoms in total. The Morgan fingerprint density at radius 3 is 2.64 bits per heavy atom. The molecule has 0 fully saturated rings. The molecular formula is C20H21NO. The van der Waals surface area contributed by atoms with Crippen molar-refractivity contribution >= 4 is 5.70 Å². The van der Waals surface area contributed by atoms with E-state index in [-0.39, 0.29) is 0 Å². The number of para-hydroxylation sites is 1. The van der Waals surface area contributed by atoms with Crippen LogP contribution in [0.15, 0.2) is 54.6 Å². The number of aryl methyl sites for hydroxylation is 1. The number of hydrogen-bond donors (Lipinski definition) is 0. The number of rotatable bonds is 2. The smallest absolute Gasteiger partial charge is 0.124 e. The van der Waals surface area contributed by atoms with Crippen molar-refractivity contribution in [3.63, 3.8) is 0 Å². The molecular weight excluding hydrogens is 270 g/mol. The van der Waals surface area contributed by atoms with Gasteiger partial charge in [-0.05, 0) is 25.5 Å². The average molecular weight is 291 g/mol. The summed E-state index contributed by atoms with van der Waals surface area (Å²) in [5, 5.41) is 0. The van der Waals surface area contributed by atoms with Gasteiger partial charge in [0.15, 0.2) is 0 Å². The summed E-state index contributed by atoms with van der Waals surface area (Å²) in [7, 11) is 0. The summed E-state index contributed by atoms with van der Waals surface area (Å²) < 4.78 is 5.96. The summed E-state index contributed by atoms with van der Waals surface area (Å²) in [5.41, 5.74) is 5.27. The molecule has 0 radical (unpaired) electrons. The number of ether oxygens (including phenoxy) is 1. The van der Waals surface area contributed by atoms with Crippen molar-refractivity contribution < 1.29 is 4.74 Å². The lowest BCUT2D eigenvalue weighted by molar-refractivity contribution is 0.169. The zero-order chi connectivity index (χ0) is 15.1. The predicted molar refractivity (Wildman–Crippen MR) is 89.7 cm³/mol. The third kappa shape index (κ3) is 2.02. The second-order valence-electron chi connectivity index (χ2n) is 6.16. The maximum absolute atomic E-state index is 5.96. The first-order valence-corrected chi connectivity index (χ1v) is 8.05. The van der Waals surface area contributed by atoms with Crippen LogP contribution in [-0.2, 0) is 0 Å². The van der Waals surface area contributed by atoms with Gasteiger partial charge in [-0.25, -0.2) is 0 Å². The van der Waals surface area contributed by atoms with E-state index in [9.17, 15) is 0 Å². The Kier molecular flexibility index (Phi) is 3.18. The van der Waals surface area contributed by atoms with Crippen LogP contribution in [0.25, 0.3) is 5.70 Å². The molecule has 0 saturated carbocycles. The van der Waals surface area contributed by atoms with Gasteiger partial charge in [-0.15, -0.1) is 0 Å². The Morgan fingerprint density at radius 2 is 1.86 bits per heavy atom. The number of fused-ring (bicyclic) bond motifs is 3. The van der Waals surface area contributed by atoms with Crippen LogP contribution < -0.4 is 4.74 Å². The summed E-state index contributed by atoms with van der Waals surface area (Å²) in [6.45, 7) is 6.15. The molecule has 0 aromatic heterocycles. The molecule has 112 valence electrons. The van der Waals surface area contributed by atoms with E-state index in [0.717, 1.165) is 18.9 Å². The van der Waals surface area contributed by atoms with Crippen molar-refractivity contribution in [1.82, 2.24) is 4.90 Å². The summed E-state index contributed by atoms with van der Waals surface area (Å²) in [6.07, 6.45) is 2.40. The lowest BCUT2D eigenvalue weighted by Crippen LogP contribution is -2.32. The predicted octanol–water partition coefficient (Wildman–Crippen LogP) is 4.42. The molecule has 0 aliphatic carbocycles. The highest BCUT2D eigenvalue weighted by Gasteiger charge is 2.39. The van der Waals surface area contributed by atoms with E-state index in [2.05, 4.69) is 73.4 Å². The van der Waals surface area contributed by atoms with E-state index in [1.54, 1.807) is 0 Å². The lowest BCUT2D eigenvalue weighted by Gasteiger charge is -2.36. The minimum absolute atomic E-state index is 0.409. The molecule has 0 N–H and O–H groups in total. The van der Waals surface area contributed by atoms with Crippen LogP contribution in [0, 0.1) is 12.8 Å². The Balaban J connectivity index is 1.76. The first-order valence-electron chi connectivity index (χ1n) is 8.05. The van der Waals surface area contributed by atoms with Crippen LogP contribution in [0.5, 0.6) is 5.75 Å². The minimum Gasteiger partial charge on any atom is -0.493 e. The Hall–Kier alpha value is -2.22. The van der Waals surface area contributed by atoms with Crippen molar-refractivity contribution in [2.45, 2.75) is 19.9 Å². The van der Waals surface area contributed by atoms with Crippen molar-refractivity contribution in [3.05, 3.63) is 71.3 Å². The first kappa shape index (κ1) is 13.4. The largest absolute Gasteiger partial charge is 0.493 e. The highest BCUT2D eigenvalue weighted by molar-refractivity contribution is 5.68. The van der Waals surface area contributed by atoms with Crippen molar-refractivity contribution in [2.75, 3.05) is 13.2 Å². The molecule has 2 atom stereocenters. The zero-order valence-electron chi connectivity index (χ0n) is 13.1. The molecule has 0 bridgehead atoms. The van der Waals surface area contributed by atoms with Gasteiger partial charge in [0.05, 0.1) is 12.6 Å². The quantitative estimate of drug-likeness (QED) is 0.812. The van der Waals surface area contributed by atoms with Gasteiger partial charge >= 0.3 is 0 Å². The summed E-state index contributed by atoms with van der Waals surface area (Å²) in [6, 6.07) is 17.7. The zero-order valence-corrected chi connectivity index (χ0v) is 13.1. The number of benzene rings is 2. The van der Waals surface area contributed by atoms with Gasteiger partial charge in [0.1, 0.15) is 5.75 Å². The van der Waals surface area contributed by atoms with Crippen molar-refractivity contribution in [1.29, 1.82) is 0 Å². The molecule has 0 spiro atoms. The van der Waals surface area contributed by atoms with E-state index in [1.165, 1.54) is 22.4 Å². The summed E-state index contributed by atoms with van der Waals surface area (Å²) >= 11 is 0. The van der Waals surface area contributed by atoms with Crippen LogP contribution in [0.2, 0.25) is 0 Å². The van der Waals surface area contributed by atoms with E-state index < -0.39 is 0 Å². The van der Waals surface area contributed by atoms with Gasteiger partial charge in [0.2, 0.25) is 0 Å². The molecule has 2 aromatic carbocycles. The molecule has 0 unspecified atom stereocenters. The van der Waals surface area contributed by atoms with Gasteiger partial charge < -0.3 is 9.64 Å². The molecule has 0 amide bonds. The highest BCUT2D eigenvalue weighted by Crippen LogP contribution is 2.47. The SMILES string of the molecule is CCN1C(c2ccc(C)cc2)=C[C@H]2COc3ccccc3[C@H]21. The maximum atomic E-state index is 5.96. The standard InChI is InChI=1S/C20H21NO/c1-3-21-18(15-10-8-14(2)9-11-15)12-16-13-22-19-7-5-4-6-17(19)20(16)21/h4-12,16,20H,3,13H2,1-2H3/t16-,20-/m0/s1. The van der Waals surface area contributed by atoms with Crippen molar-refractivity contribution in [3.8, 4) is 5.75 Å². The molecule has 4 rings (SSSR count). The molecule has 0 saturated heterocycles. The second kappa shape index (κ2) is 5.20. The topological polar surface area (TPSA) is 12.5 Å². The Bertz CT molecular complexity index is 717. The van der Waals surface area contributed by atoms with Gasteiger partial charge in [0, 0.05) is 23.7 Å². The maximum Gasteiger partial charge on any atom is 0.124 e. The van der Waals surface area contributed by atoms with Gasteiger partial charge in [-0.2, -0.15) is 0 Å². The molecule has 2 aliphatic rings. The lowest BCUT2D eigenvalue weighted by atomic mass is 9.92. The van der Waals surface area contributed by atoms with E-state index >= 15 is 0 Å². The van der Waals surface area contributed by atoms with Crippen LogP contribution in [0.3, 0.4) is 0 Å². The normalized spacial score (nSPS) is 22.6. The van der Waals surface area contributed by atoms with Crippen molar-refractivity contribution in [2.24, 2.45) is 5.92 Å².